The third-order valence-corrected chi connectivity index (χ3v) is 4.51. The van der Waals surface area contributed by atoms with Gasteiger partial charge in [0.05, 0.1) is 0 Å². The zero-order valence-electron chi connectivity index (χ0n) is 14.2. The lowest BCUT2D eigenvalue weighted by Crippen LogP contribution is -2.21. The fourth-order valence-corrected chi connectivity index (χ4v) is 3.00. The van der Waals surface area contributed by atoms with Crippen LogP contribution in [0, 0.1) is 12.8 Å². The van der Waals surface area contributed by atoms with Crippen LogP contribution in [0.1, 0.15) is 70.2 Å². The highest BCUT2D eigenvalue weighted by atomic mass is 15.1. The number of anilines is 2. The first kappa shape index (κ1) is 16.1. The monoisotopic (exact) mass is 290 g/mol. The fourth-order valence-electron chi connectivity index (χ4n) is 3.00. The molecule has 1 aromatic heterocycles. The van der Waals surface area contributed by atoms with Gasteiger partial charge in [-0.1, -0.05) is 33.6 Å². The van der Waals surface area contributed by atoms with Crippen molar-refractivity contribution in [2.75, 3.05) is 17.7 Å². The Bertz CT molecular complexity index is 470. The van der Waals surface area contributed by atoms with Crippen molar-refractivity contribution in [2.45, 2.75) is 71.8 Å². The van der Waals surface area contributed by atoms with E-state index < -0.39 is 0 Å². The van der Waals surface area contributed by atoms with E-state index in [0.29, 0.717) is 12.0 Å². The smallest absolute Gasteiger partial charge is 0.135 e. The molecular formula is C17H30N4. The highest BCUT2D eigenvalue weighted by Gasteiger charge is 2.19. The van der Waals surface area contributed by atoms with Crippen LogP contribution in [0.5, 0.6) is 0 Å². The molecule has 2 atom stereocenters. The van der Waals surface area contributed by atoms with Gasteiger partial charge in [-0.05, 0) is 32.1 Å². The molecule has 1 heterocycles. The molecule has 1 aliphatic carbocycles. The Balaban J connectivity index is 2.19. The Hall–Kier alpha value is -1.32. The first-order chi connectivity index (χ1) is 10.0. The van der Waals surface area contributed by atoms with Crippen molar-refractivity contribution in [3.63, 3.8) is 0 Å². The molecule has 2 rings (SSSR count). The summed E-state index contributed by atoms with van der Waals surface area (Å²) >= 11 is 0. The quantitative estimate of drug-likeness (QED) is 0.810. The molecule has 0 amide bonds. The van der Waals surface area contributed by atoms with Crippen LogP contribution < -0.4 is 10.6 Å². The Morgan fingerprint density at radius 1 is 1.05 bits per heavy atom. The molecule has 0 bridgehead atoms. The van der Waals surface area contributed by atoms with Crippen molar-refractivity contribution in [3.8, 4) is 0 Å². The SMILES string of the molecule is CNc1nc(C(C)C)nc(NC2CCCC(C)CC2)c1C. The molecule has 2 unspecified atom stereocenters. The minimum absolute atomic E-state index is 0.340. The molecule has 0 aromatic carbocycles. The van der Waals surface area contributed by atoms with Gasteiger partial charge in [0.2, 0.25) is 0 Å². The maximum absolute atomic E-state index is 4.76. The van der Waals surface area contributed by atoms with Gasteiger partial charge in [-0.2, -0.15) is 0 Å². The minimum Gasteiger partial charge on any atom is -0.373 e. The van der Waals surface area contributed by atoms with E-state index in [2.05, 4.69) is 43.3 Å². The van der Waals surface area contributed by atoms with Gasteiger partial charge in [-0.3, -0.25) is 0 Å². The second-order valence-corrected chi connectivity index (χ2v) is 6.76. The molecule has 0 spiro atoms. The third-order valence-electron chi connectivity index (χ3n) is 4.51. The largest absolute Gasteiger partial charge is 0.373 e. The van der Waals surface area contributed by atoms with Crippen LogP contribution in [0.2, 0.25) is 0 Å². The Morgan fingerprint density at radius 2 is 1.76 bits per heavy atom. The molecular weight excluding hydrogens is 260 g/mol. The second-order valence-electron chi connectivity index (χ2n) is 6.76. The van der Waals surface area contributed by atoms with E-state index in [1.165, 1.54) is 32.1 Å². The summed E-state index contributed by atoms with van der Waals surface area (Å²) in [5.41, 5.74) is 1.12. The maximum Gasteiger partial charge on any atom is 0.135 e. The predicted octanol–water partition coefficient (Wildman–Crippen LogP) is 4.33. The van der Waals surface area contributed by atoms with Crippen LogP contribution in [-0.2, 0) is 0 Å². The number of hydrogen-bond donors (Lipinski definition) is 2. The zero-order chi connectivity index (χ0) is 15.4. The number of aromatic nitrogens is 2. The third kappa shape index (κ3) is 4.08. The summed E-state index contributed by atoms with van der Waals surface area (Å²) < 4.78 is 0. The number of nitrogens with one attached hydrogen (secondary N) is 2. The van der Waals surface area contributed by atoms with Gasteiger partial charge in [-0.25, -0.2) is 9.97 Å². The van der Waals surface area contributed by atoms with Crippen molar-refractivity contribution in [3.05, 3.63) is 11.4 Å². The van der Waals surface area contributed by atoms with Crippen LogP contribution in [-0.4, -0.2) is 23.1 Å². The summed E-state index contributed by atoms with van der Waals surface area (Å²) in [6.07, 6.45) is 6.49. The van der Waals surface area contributed by atoms with Crippen molar-refractivity contribution in [2.24, 2.45) is 5.92 Å². The van der Waals surface area contributed by atoms with Crippen LogP contribution in [0.3, 0.4) is 0 Å². The average Bonchev–Trinajstić information content (AvgIpc) is 2.65. The Labute approximate surface area is 129 Å². The topological polar surface area (TPSA) is 49.8 Å². The standard InChI is InChI=1S/C17H30N4/c1-11(2)15-20-16(18-5)13(4)17(21-15)19-14-8-6-7-12(3)9-10-14/h11-12,14H,6-10H2,1-5H3,(H2,18,19,20,21). The minimum atomic E-state index is 0.340. The maximum atomic E-state index is 4.76. The molecule has 0 saturated heterocycles. The molecule has 1 fully saturated rings. The lowest BCUT2D eigenvalue weighted by molar-refractivity contribution is 0.501. The van der Waals surface area contributed by atoms with E-state index in [-0.39, 0.29) is 0 Å². The Morgan fingerprint density at radius 3 is 2.43 bits per heavy atom. The molecule has 4 heteroatoms. The van der Waals surface area contributed by atoms with Gasteiger partial charge in [0.1, 0.15) is 17.5 Å². The Kier molecular flexibility index (Phi) is 5.43. The van der Waals surface area contributed by atoms with Crippen LogP contribution >= 0.6 is 0 Å². The summed E-state index contributed by atoms with van der Waals surface area (Å²) in [7, 11) is 1.93. The van der Waals surface area contributed by atoms with Gasteiger partial charge >= 0.3 is 0 Å². The van der Waals surface area contributed by atoms with E-state index >= 15 is 0 Å². The van der Waals surface area contributed by atoms with E-state index in [1.807, 2.05) is 7.05 Å². The molecule has 1 aromatic rings. The van der Waals surface area contributed by atoms with Gasteiger partial charge in [-0.15, -0.1) is 0 Å². The van der Waals surface area contributed by atoms with Crippen molar-refractivity contribution < 1.29 is 0 Å². The summed E-state index contributed by atoms with van der Waals surface area (Å²) in [6.45, 7) is 8.74. The highest BCUT2D eigenvalue weighted by Crippen LogP contribution is 2.28. The van der Waals surface area contributed by atoms with Crippen molar-refractivity contribution in [1.29, 1.82) is 0 Å². The van der Waals surface area contributed by atoms with Crippen LogP contribution in [0.25, 0.3) is 0 Å². The molecule has 118 valence electrons. The normalized spacial score (nSPS) is 23.0. The summed E-state index contributed by atoms with van der Waals surface area (Å²) in [5, 5.41) is 6.89. The molecule has 0 aliphatic heterocycles. The lowest BCUT2D eigenvalue weighted by atomic mass is 10.0. The number of hydrogen-bond acceptors (Lipinski definition) is 4. The van der Waals surface area contributed by atoms with Crippen molar-refractivity contribution >= 4 is 11.6 Å². The molecule has 0 radical (unpaired) electrons. The number of rotatable bonds is 4. The predicted molar refractivity (Wildman–Crippen MR) is 90.1 cm³/mol. The van der Waals surface area contributed by atoms with E-state index in [1.54, 1.807) is 0 Å². The van der Waals surface area contributed by atoms with Crippen LogP contribution in [0.4, 0.5) is 11.6 Å². The second kappa shape index (κ2) is 7.10. The number of nitrogens with zero attached hydrogens (tertiary/aromatic N) is 2. The van der Waals surface area contributed by atoms with Crippen molar-refractivity contribution in [1.82, 2.24) is 9.97 Å². The van der Waals surface area contributed by atoms with Gasteiger partial charge in [0.15, 0.2) is 0 Å². The highest BCUT2D eigenvalue weighted by molar-refractivity contribution is 5.57. The lowest BCUT2D eigenvalue weighted by Gasteiger charge is -2.21. The molecule has 4 nitrogen and oxygen atoms in total. The molecule has 2 N–H and O–H groups in total. The summed E-state index contributed by atoms with van der Waals surface area (Å²) in [4.78, 5) is 9.37. The molecule has 1 aliphatic rings. The average molecular weight is 290 g/mol. The molecule has 21 heavy (non-hydrogen) atoms. The van der Waals surface area contributed by atoms with Gasteiger partial charge < -0.3 is 10.6 Å². The van der Waals surface area contributed by atoms with E-state index in [9.17, 15) is 0 Å². The van der Waals surface area contributed by atoms with E-state index in [0.717, 1.165) is 28.9 Å². The van der Waals surface area contributed by atoms with E-state index in [4.69, 9.17) is 4.98 Å². The first-order valence-corrected chi connectivity index (χ1v) is 8.34. The first-order valence-electron chi connectivity index (χ1n) is 8.34. The zero-order valence-corrected chi connectivity index (χ0v) is 14.2. The molecule has 1 saturated carbocycles. The summed E-state index contributed by atoms with van der Waals surface area (Å²) in [6, 6.07) is 0.549. The van der Waals surface area contributed by atoms with Crippen LogP contribution in [0.15, 0.2) is 0 Å². The van der Waals surface area contributed by atoms with Gasteiger partial charge in [0.25, 0.3) is 0 Å². The fraction of sp³-hybridized carbons (Fsp3) is 0.765. The summed E-state index contributed by atoms with van der Waals surface area (Å²) in [5.74, 6) is 4.07. The van der Waals surface area contributed by atoms with Gasteiger partial charge in [0, 0.05) is 24.6 Å².